The van der Waals surface area contributed by atoms with Crippen LogP contribution in [-0.4, -0.2) is 25.7 Å². The second-order valence-corrected chi connectivity index (χ2v) is 5.55. The summed E-state index contributed by atoms with van der Waals surface area (Å²) in [6.07, 6.45) is -1.13. The maximum atomic E-state index is 12.5. The minimum absolute atomic E-state index is 0.443. The van der Waals surface area contributed by atoms with Gasteiger partial charge in [0.25, 0.3) is 5.91 Å². The van der Waals surface area contributed by atoms with Gasteiger partial charge in [-0.25, -0.2) is 4.98 Å². The number of hydrogen-bond acceptors (Lipinski definition) is 5. The molecule has 2 heterocycles. The van der Waals surface area contributed by atoms with Crippen LogP contribution in [0.1, 0.15) is 27.8 Å². The van der Waals surface area contributed by atoms with Crippen molar-refractivity contribution in [3.8, 4) is 0 Å². The van der Waals surface area contributed by atoms with Crippen molar-refractivity contribution in [1.82, 2.24) is 19.7 Å². The van der Waals surface area contributed by atoms with Gasteiger partial charge in [-0.15, -0.1) is 10.2 Å². The first-order valence-corrected chi connectivity index (χ1v) is 7.59. The maximum absolute atomic E-state index is 12.5. The first kappa shape index (κ1) is 17.6. The quantitative estimate of drug-likeness (QED) is 0.751. The molecule has 0 bridgehead atoms. The van der Waals surface area contributed by atoms with E-state index >= 15 is 0 Å². The van der Waals surface area contributed by atoms with Crippen molar-refractivity contribution in [2.75, 3.05) is 5.32 Å². The van der Waals surface area contributed by atoms with E-state index in [1.165, 1.54) is 0 Å². The van der Waals surface area contributed by atoms with E-state index in [9.17, 15) is 18.0 Å². The van der Waals surface area contributed by atoms with Gasteiger partial charge in [0, 0.05) is 19.2 Å². The molecular weight excluding hydrogens is 351 g/mol. The molecule has 0 aliphatic carbocycles. The summed E-state index contributed by atoms with van der Waals surface area (Å²) in [5.41, 5.74) is 0.936. The first-order chi connectivity index (χ1) is 12.3. The summed E-state index contributed by atoms with van der Waals surface area (Å²) < 4.78 is 43.5. The molecule has 0 aliphatic heterocycles. The van der Waals surface area contributed by atoms with Crippen molar-refractivity contribution in [2.24, 2.45) is 7.05 Å². The van der Waals surface area contributed by atoms with E-state index < -0.39 is 23.7 Å². The molecule has 2 aromatic heterocycles. The summed E-state index contributed by atoms with van der Waals surface area (Å²) in [5, 5.41) is 10.3. The SMILES string of the molecule is Cn1cnnc1CCc1cccc(NC(=O)c2coc(C(F)(F)F)n2)c1. The van der Waals surface area contributed by atoms with Crippen molar-refractivity contribution in [3.05, 3.63) is 59.8 Å². The van der Waals surface area contributed by atoms with Crippen LogP contribution in [0.5, 0.6) is 0 Å². The molecule has 1 N–H and O–H groups in total. The van der Waals surface area contributed by atoms with Crippen molar-refractivity contribution >= 4 is 11.6 Å². The molecule has 0 atom stereocenters. The minimum Gasteiger partial charge on any atom is -0.441 e. The fourth-order valence-corrected chi connectivity index (χ4v) is 2.30. The van der Waals surface area contributed by atoms with E-state index in [2.05, 4.69) is 24.9 Å². The van der Waals surface area contributed by atoms with Gasteiger partial charge in [-0.1, -0.05) is 12.1 Å². The molecule has 0 saturated carbocycles. The van der Waals surface area contributed by atoms with Crippen LogP contribution in [0.2, 0.25) is 0 Å². The molecule has 26 heavy (non-hydrogen) atoms. The zero-order valence-electron chi connectivity index (χ0n) is 13.6. The van der Waals surface area contributed by atoms with E-state index in [1.807, 2.05) is 17.7 Å². The number of carbonyl (C=O) groups is 1. The molecule has 0 aliphatic rings. The number of oxazole rings is 1. The number of aromatic nitrogens is 4. The number of alkyl halides is 3. The van der Waals surface area contributed by atoms with Gasteiger partial charge in [0.15, 0.2) is 5.69 Å². The number of rotatable bonds is 5. The monoisotopic (exact) mass is 365 g/mol. The molecule has 0 fully saturated rings. The van der Waals surface area contributed by atoms with Gasteiger partial charge >= 0.3 is 12.1 Å². The zero-order valence-corrected chi connectivity index (χ0v) is 13.6. The van der Waals surface area contributed by atoms with Crippen LogP contribution < -0.4 is 5.32 Å². The summed E-state index contributed by atoms with van der Waals surface area (Å²) in [4.78, 5) is 15.2. The third kappa shape index (κ3) is 4.08. The Hall–Kier alpha value is -3.17. The number of nitrogens with zero attached hydrogens (tertiary/aromatic N) is 4. The highest BCUT2D eigenvalue weighted by molar-refractivity contribution is 6.02. The van der Waals surface area contributed by atoms with Crippen LogP contribution in [-0.2, 0) is 26.1 Å². The Morgan fingerprint density at radius 1 is 1.31 bits per heavy atom. The normalized spacial score (nSPS) is 11.5. The van der Waals surface area contributed by atoms with Crippen LogP contribution in [0.25, 0.3) is 0 Å². The average molecular weight is 365 g/mol. The Balaban J connectivity index is 1.65. The lowest BCUT2D eigenvalue weighted by Gasteiger charge is -2.06. The van der Waals surface area contributed by atoms with E-state index in [0.717, 1.165) is 11.4 Å². The third-order valence-electron chi connectivity index (χ3n) is 3.61. The summed E-state index contributed by atoms with van der Waals surface area (Å²) in [6.45, 7) is 0. The van der Waals surface area contributed by atoms with Crippen molar-refractivity contribution < 1.29 is 22.4 Å². The molecule has 0 radical (unpaired) electrons. The molecule has 3 aromatic rings. The molecule has 7 nitrogen and oxygen atoms in total. The van der Waals surface area contributed by atoms with E-state index in [-0.39, 0.29) is 0 Å². The molecule has 1 aromatic carbocycles. The van der Waals surface area contributed by atoms with Crippen LogP contribution in [0, 0.1) is 0 Å². The second-order valence-electron chi connectivity index (χ2n) is 5.55. The van der Waals surface area contributed by atoms with Crippen molar-refractivity contribution in [1.29, 1.82) is 0 Å². The fourth-order valence-electron chi connectivity index (χ4n) is 2.30. The van der Waals surface area contributed by atoms with Gasteiger partial charge in [-0.2, -0.15) is 13.2 Å². The lowest BCUT2D eigenvalue weighted by atomic mass is 10.1. The Morgan fingerprint density at radius 2 is 2.12 bits per heavy atom. The Kier molecular flexibility index (Phi) is 4.74. The highest BCUT2D eigenvalue weighted by Crippen LogP contribution is 2.28. The Morgan fingerprint density at radius 3 is 2.77 bits per heavy atom. The summed E-state index contributed by atoms with van der Waals surface area (Å²) >= 11 is 0. The van der Waals surface area contributed by atoms with E-state index in [1.54, 1.807) is 24.5 Å². The van der Waals surface area contributed by atoms with Crippen molar-refractivity contribution in [3.63, 3.8) is 0 Å². The molecule has 1 amide bonds. The molecule has 0 saturated heterocycles. The molecule has 3 rings (SSSR count). The number of benzene rings is 1. The van der Waals surface area contributed by atoms with Crippen LogP contribution >= 0.6 is 0 Å². The highest BCUT2D eigenvalue weighted by Gasteiger charge is 2.37. The molecule has 0 unspecified atom stereocenters. The van der Waals surface area contributed by atoms with Gasteiger partial charge in [-0.3, -0.25) is 4.79 Å². The summed E-state index contributed by atoms with van der Waals surface area (Å²) in [5.74, 6) is -1.42. The van der Waals surface area contributed by atoms with Gasteiger partial charge in [-0.05, 0) is 24.1 Å². The smallest absolute Gasteiger partial charge is 0.441 e. The van der Waals surface area contributed by atoms with Crippen molar-refractivity contribution in [2.45, 2.75) is 19.0 Å². The number of amides is 1. The van der Waals surface area contributed by atoms with Gasteiger partial charge in [0.2, 0.25) is 0 Å². The number of hydrogen-bond donors (Lipinski definition) is 1. The van der Waals surface area contributed by atoms with E-state index in [4.69, 9.17) is 0 Å². The highest BCUT2D eigenvalue weighted by atomic mass is 19.4. The number of halogens is 3. The topological polar surface area (TPSA) is 85.8 Å². The third-order valence-corrected chi connectivity index (χ3v) is 3.61. The minimum atomic E-state index is -4.74. The lowest BCUT2D eigenvalue weighted by Crippen LogP contribution is -2.13. The Labute approximate surface area is 145 Å². The standard InChI is InChI=1S/C16H14F3N5O2/c1-24-9-20-23-13(24)6-5-10-3-2-4-11(7-10)21-14(25)12-8-26-15(22-12)16(17,18)19/h2-4,7-9H,5-6H2,1H3,(H,21,25). The van der Waals surface area contributed by atoms with Crippen LogP contribution in [0.4, 0.5) is 18.9 Å². The fraction of sp³-hybridized carbons (Fsp3) is 0.250. The molecular formula is C16H14F3N5O2. The number of nitrogens with one attached hydrogen (secondary N) is 1. The molecule has 136 valence electrons. The van der Waals surface area contributed by atoms with Crippen LogP contribution in [0.3, 0.4) is 0 Å². The number of anilines is 1. The average Bonchev–Trinajstić information content (AvgIpc) is 3.22. The number of aryl methyl sites for hydroxylation is 3. The van der Waals surface area contributed by atoms with E-state index in [0.29, 0.717) is 24.8 Å². The van der Waals surface area contributed by atoms with Gasteiger partial charge < -0.3 is 14.3 Å². The van der Waals surface area contributed by atoms with Gasteiger partial charge in [0.05, 0.1) is 0 Å². The first-order valence-electron chi connectivity index (χ1n) is 7.59. The predicted octanol–water partition coefficient (Wildman–Crippen LogP) is 2.86. The maximum Gasteiger partial charge on any atom is 0.468 e. The lowest BCUT2D eigenvalue weighted by molar-refractivity contribution is -0.157. The predicted molar refractivity (Wildman–Crippen MR) is 84.3 cm³/mol. The second kappa shape index (κ2) is 6.98. The summed E-state index contributed by atoms with van der Waals surface area (Å²) in [6, 6.07) is 6.99. The Bertz CT molecular complexity index is 917. The molecule has 0 spiro atoms. The van der Waals surface area contributed by atoms with Gasteiger partial charge in [0.1, 0.15) is 18.4 Å². The van der Waals surface area contributed by atoms with Crippen LogP contribution in [0.15, 0.2) is 41.3 Å². The largest absolute Gasteiger partial charge is 0.468 e. The molecule has 10 heteroatoms. The number of carbonyl (C=O) groups excluding carboxylic acids is 1. The summed E-state index contributed by atoms with van der Waals surface area (Å²) in [7, 11) is 1.85. The zero-order chi connectivity index (χ0) is 18.7.